The summed E-state index contributed by atoms with van der Waals surface area (Å²) in [6, 6.07) is 9.34. The molecule has 0 aliphatic rings. The van der Waals surface area contributed by atoms with Gasteiger partial charge in [-0.25, -0.2) is 4.98 Å². The van der Waals surface area contributed by atoms with E-state index in [1.165, 1.54) is 26.7 Å². The predicted octanol–water partition coefficient (Wildman–Crippen LogP) is 4.66. The second-order valence-corrected chi connectivity index (χ2v) is 6.95. The van der Waals surface area contributed by atoms with Crippen LogP contribution in [0.1, 0.15) is 60.4 Å². The summed E-state index contributed by atoms with van der Waals surface area (Å²) in [6.45, 7) is 11.0. The third kappa shape index (κ3) is 3.72. The van der Waals surface area contributed by atoms with E-state index in [2.05, 4.69) is 64.2 Å². The smallest absolute Gasteiger partial charge is 0.115 e. The Labute approximate surface area is 132 Å². The number of hydrogen-bond donors (Lipinski definition) is 1. The highest BCUT2D eigenvalue weighted by molar-refractivity contribution is 7.11. The van der Waals surface area contributed by atoms with Gasteiger partial charge >= 0.3 is 0 Å². The fourth-order valence-electron chi connectivity index (χ4n) is 2.67. The molecule has 0 radical (unpaired) electrons. The molecule has 1 heterocycles. The van der Waals surface area contributed by atoms with Crippen molar-refractivity contribution in [3.63, 3.8) is 0 Å². The van der Waals surface area contributed by atoms with E-state index in [0.717, 1.165) is 12.8 Å². The van der Waals surface area contributed by atoms with Crippen LogP contribution in [0, 0.1) is 6.92 Å². The molecule has 0 saturated carbocycles. The van der Waals surface area contributed by atoms with Crippen LogP contribution in [-0.2, 0) is 12.8 Å². The third-order valence-corrected chi connectivity index (χ3v) is 4.82. The maximum Gasteiger partial charge on any atom is 0.115 e. The summed E-state index contributed by atoms with van der Waals surface area (Å²) in [5.41, 5.74) is 4.01. The van der Waals surface area contributed by atoms with Crippen molar-refractivity contribution in [2.24, 2.45) is 0 Å². The van der Waals surface area contributed by atoms with E-state index in [9.17, 15) is 0 Å². The second kappa shape index (κ2) is 7.19. The standard InChI is InChI=1S/C18H26N2S/c1-6-14-10-8-9-11-15(14)17(19-12(3)4)18-20-16(7-2)13(5)21-18/h8-12,17,19H,6-7H2,1-5H3. The molecule has 2 aromatic rings. The van der Waals surface area contributed by atoms with Crippen molar-refractivity contribution >= 4 is 11.3 Å². The average Bonchev–Trinajstić information content (AvgIpc) is 2.85. The van der Waals surface area contributed by atoms with Gasteiger partial charge in [-0.2, -0.15) is 0 Å². The number of hydrogen-bond acceptors (Lipinski definition) is 3. The monoisotopic (exact) mass is 302 g/mol. The van der Waals surface area contributed by atoms with Gasteiger partial charge < -0.3 is 5.32 Å². The van der Waals surface area contributed by atoms with Crippen LogP contribution in [0.15, 0.2) is 24.3 Å². The van der Waals surface area contributed by atoms with Crippen molar-refractivity contribution in [1.82, 2.24) is 10.3 Å². The normalized spacial score (nSPS) is 12.9. The average molecular weight is 302 g/mol. The molecule has 1 aromatic heterocycles. The van der Waals surface area contributed by atoms with Crippen LogP contribution in [0.25, 0.3) is 0 Å². The van der Waals surface area contributed by atoms with E-state index < -0.39 is 0 Å². The minimum Gasteiger partial charge on any atom is -0.302 e. The highest BCUT2D eigenvalue weighted by Gasteiger charge is 2.21. The van der Waals surface area contributed by atoms with Gasteiger partial charge in [0.1, 0.15) is 5.01 Å². The molecular weight excluding hydrogens is 276 g/mol. The van der Waals surface area contributed by atoms with Gasteiger partial charge in [-0.3, -0.25) is 0 Å². The lowest BCUT2D eigenvalue weighted by Gasteiger charge is -2.22. The molecule has 0 aliphatic heterocycles. The lowest BCUT2D eigenvalue weighted by molar-refractivity contribution is 0.524. The largest absolute Gasteiger partial charge is 0.302 e. The van der Waals surface area contributed by atoms with E-state index in [1.54, 1.807) is 0 Å². The van der Waals surface area contributed by atoms with Crippen molar-refractivity contribution < 1.29 is 0 Å². The number of aromatic nitrogens is 1. The zero-order chi connectivity index (χ0) is 15.4. The van der Waals surface area contributed by atoms with Gasteiger partial charge in [-0.1, -0.05) is 38.1 Å². The quantitative estimate of drug-likeness (QED) is 0.839. The predicted molar refractivity (Wildman–Crippen MR) is 92.2 cm³/mol. The fraction of sp³-hybridized carbons (Fsp3) is 0.500. The van der Waals surface area contributed by atoms with E-state index in [4.69, 9.17) is 4.98 Å². The molecule has 2 nitrogen and oxygen atoms in total. The molecule has 0 saturated heterocycles. The first-order valence-electron chi connectivity index (χ1n) is 7.86. The van der Waals surface area contributed by atoms with Gasteiger partial charge in [0.2, 0.25) is 0 Å². The number of nitrogens with one attached hydrogen (secondary N) is 1. The van der Waals surface area contributed by atoms with Crippen LogP contribution in [0.5, 0.6) is 0 Å². The number of rotatable bonds is 6. The molecule has 2 rings (SSSR count). The molecule has 0 fully saturated rings. The Hall–Kier alpha value is -1.19. The maximum absolute atomic E-state index is 4.89. The third-order valence-electron chi connectivity index (χ3n) is 3.74. The minimum atomic E-state index is 0.199. The molecule has 0 amide bonds. The summed E-state index contributed by atoms with van der Waals surface area (Å²) in [5, 5.41) is 4.89. The molecule has 0 bridgehead atoms. The summed E-state index contributed by atoms with van der Waals surface area (Å²) in [5.74, 6) is 0. The first-order valence-corrected chi connectivity index (χ1v) is 8.68. The highest BCUT2D eigenvalue weighted by Crippen LogP contribution is 2.31. The number of thiazole rings is 1. The molecule has 0 aliphatic carbocycles. The summed E-state index contributed by atoms with van der Waals surface area (Å²) in [7, 11) is 0. The van der Waals surface area contributed by atoms with Gasteiger partial charge in [0.15, 0.2) is 0 Å². The fourth-order valence-corrected chi connectivity index (χ4v) is 3.76. The summed E-state index contributed by atoms with van der Waals surface area (Å²) >= 11 is 1.83. The zero-order valence-electron chi connectivity index (χ0n) is 13.7. The first kappa shape index (κ1) is 16.2. The van der Waals surface area contributed by atoms with Gasteiger partial charge in [0.05, 0.1) is 11.7 Å². The molecule has 114 valence electrons. The van der Waals surface area contributed by atoms with E-state index >= 15 is 0 Å². The van der Waals surface area contributed by atoms with Crippen LogP contribution in [0.3, 0.4) is 0 Å². The lowest BCUT2D eigenvalue weighted by atomic mass is 9.98. The molecule has 0 spiro atoms. The van der Waals surface area contributed by atoms with Gasteiger partial charge in [-0.05, 0) is 44.7 Å². The van der Waals surface area contributed by atoms with Crippen LogP contribution in [-0.4, -0.2) is 11.0 Å². The Morgan fingerprint density at radius 3 is 2.43 bits per heavy atom. The molecule has 21 heavy (non-hydrogen) atoms. The number of benzene rings is 1. The Kier molecular flexibility index (Phi) is 5.54. The topological polar surface area (TPSA) is 24.9 Å². The second-order valence-electron chi connectivity index (χ2n) is 5.72. The van der Waals surface area contributed by atoms with Crippen LogP contribution < -0.4 is 5.32 Å². The number of nitrogens with zero attached hydrogens (tertiary/aromatic N) is 1. The molecular formula is C18H26N2S. The zero-order valence-corrected chi connectivity index (χ0v) is 14.6. The van der Waals surface area contributed by atoms with Gasteiger partial charge in [0, 0.05) is 10.9 Å². The van der Waals surface area contributed by atoms with E-state index in [1.807, 2.05) is 11.3 Å². The first-order chi connectivity index (χ1) is 10.1. The Bertz CT molecular complexity index is 587. The summed E-state index contributed by atoms with van der Waals surface area (Å²) in [4.78, 5) is 6.23. The van der Waals surface area contributed by atoms with Crippen molar-refractivity contribution in [1.29, 1.82) is 0 Å². The van der Waals surface area contributed by atoms with Crippen molar-refractivity contribution in [3.8, 4) is 0 Å². The summed E-state index contributed by atoms with van der Waals surface area (Å²) in [6.07, 6.45) is 2.06. The number of aryl methyl sites for hydroxylation is 3. The summed E-state index contributed by atoms with van der Waals surface area (Å²) < 4.78 is 0. The Morgan fingerprint density at radius 1 is 1.14 bits per heavy atom. The van der Waals surface area contributed by atoms with E-state index in [-0.39, 0.29) is 6.04 Å². The maximum atomic E-state index is 4.89. The van der Waals surface area contributed by atoms with Crippen molar-refractivity contribution in [3.05, 3.63) is 51.0 Å². The molecule has 1 N–H and O–H groups in total. The lowest BCUT2D eigenvalue weighted by Crippen LogP contribution is -2.29. The Balaban J connectivity index is 2.46. The molecule has 3 heteroatoms. The van der Waals surface area contributed by atoms with Crippen molar-refractivity contribution in [2.45, 2.75) is 59.5 Å². The van der Waals surface area contributed by atoms with Crippen molar-refractivity contribution in [2.75, 3.05) is 0 Å². The molecule has 1 atom stereocenters. The van der Waals surface area contributed by atoms with E-state index in [0.29, 0.717) is 6.04 Å². The SMILES string of the molecule is CCc1ccccc1C(NC(C)C)c1nc(CC)c(C)s1. The van der Waals surface area contributed by atoms with Crippen LogP contribution in [0.4, 0.5) is 0 Å². The highest BCUT2D eigenvalue weighted by atomic mass is 32.1. The Morgan fingerprint density at radius 2 is 1.86 bits per heavy atom. The molecule has 1 unspecified atom stereocenters. The molecule has 1 aromatic carbocycles. The van der Waals surface area contributed by atoms with Gasteiger partial charge in [0.25, 0.3) is 0 Å². The van der Waals surface area contributed by atoms with Crippen LogP contribution in [0.2, 0.25) is 0 Å². The minimum absolute atomic E-state index is 0.199. The van der Waals surface area contributed by atoms with Crippen LogP contribution >= 0.6 is 11.3 Å². The van der Waals surface area contributed by atoms with Gasteiger partial charge in [-0.15, -0.1) is 11.3 Å².